The number of rotatable bonds is 3. The highest BCUT2D eigenvalue weighted by molar-refractivity contribution is 5.93. The normalized spacial score (nSPS) is 15.3. The number of hydrogen-bond acceptors (Lipinski definition) is 3. The number of amides is 1. The lowest BCUT2D eigenvalue weighted by Gasteiger charge is -2.32. The maximum Gasteiger partial charge on any atom is 0.256 e. The van der Waals surface area contributed by atoms with Crippen molar-refractivity contribution in [3.05, 3.63) is 72.8 Å². The number of nitrogens with zero attached hydrogens (tertiary/aromatic N) is 4. The van der Waals surface area contributed by atoms with E-state index in [1.54, 1.807) is 12.4 Å². The van der Waals surface area contributed by atoms with Crippen LogP contribution >= 0.6 is 0 Å². The van der Waals surface area contributed by atoms with Gasteiger partial charge in [-0.1, -0.05) is 30.3 Å². The highest BCUT2D eigenvalue weighted by Crippen LogP contribution is 2.23. The standard InChI is InChI=1S/C20H20N4O/c25-20(24-12-8-18(9-13-24)23-10-4-5-11-23)17-14-21-19(22-15-17)16-6-2-1-3-7-16/h1-7,10-11,14-15,18H,8-9,12-13H2. The van der Waals surface area contributed by atoms with Gasteiger partial charge in [0.25, 0.3) is 5.91 Å². The third-order valence-corrected chi connectivity index (χ3v) is 4.73. The number of carbonyl (C=O) groups excluding carboxylic acids is 1. The zero-order valence-electron chi connectivity index (χ0n) is 14.0. The van der Waals surface area contributed by atoms with Crippen molar-refractivity contribution in [2.24, 2.45) is 0 Å². The summed E-state index contributed by atoms with van der Waals surface area (Å²) in [5.74, 6) is 0.661. The maximum absolute atomic E-state index is 12.7. The monoisotopic (exact) mass is 332 g/mol. The van der Waals surface area contributed by atoms with Gasteiger partial charge in [-0.15, -0.1) is 0 Å². The van der Waals surface area contributed by atoms with Gasteiger partial charge in [0, 0.05) is 49.5 Å². The quantitative estimate of drug-likeness (QED) is 0.738. The van der Waals surface area contributed by atoms with Crippen LogP contribution in [0.2, 0.25) is 0 Å². The summed E-state index contributed by atoms with van der Waals surface area (Å²) in [6, 6.07) is 14.4. The Morgan fingerprint density at radius 3 is 2.20 bits per heavy atom. The molecule has 0 radical (unpaired) electrons. The third kappa shape index (κ3) is 3.31. The molecule has 1 aliphatic heterocycles. The first-order valence-corrected chi connectivity index (χ1v) is 8.60. The Morgan fingerprint density at radius 2 is 1.56 bits per heavy atom. The molecule has 0 saturated carbocycles. The van der Waals surface area contributed by atoms with Crippen molar-refractivity contribution in [2.45, 2.75) is 18.9 Å². The first-order chi connectivity index (χ1) is 12.3. The summed E-state index contributed by atoms with van der Waals surface area (Å²) in [6.07, 6.45) is 9.41. The van der Waals surface area contributed by atoms with Crippen LogP contribution in [0.3, 0.4) is 0 Å². The summed E-state index contributed by atoms with van der Waals surface area (Å²) in [5.41, 5.74) is 1.51. The van der Waals surface area contributed by atoms with Gasteiger partial charge in [-0.05, 0) is 25.0 Å². The average Bonchev–Trinajstić information content (AvgIpc) is 3.23. The fraction of sp³-hybridized carbons (Fsp3) is 0.250. The molecule has 1 aromatic carbocycles. The molecule has 0 unspecified atom stereocenters. The number of benzene rings is 1. The Kier molecular flexibility index (Phi) is 4.29. The number of aromatic nitrogens is 3. The van der Waals surface area contributed by atoms with Crippen molar-refractivity contribution in [2.75, 3.05) is 13.1 Å². The van der Waals surface area contributed by atoms with Crippen LogP contribution in [0.4, 0.5) is 0 Å². The maximum atomic E-state index is 12.7. The average molecular weight is 332 g/mol. The van der Waals surface area contributed by atoms with E-state index in [4.69, 9.17) is 0 Å². The van der Waals surface area contributed by atoms with Crippen LogP contribution in [-0.2, 0) is 0 Å². The molecule has 0 N–H and O–H groups in total. The van der Waals surface area contributed by atoms with Crippen molar-refractivity contribution >= 4 is 5.91 Å². The Labute approximate surface area is 147 Å². The van der Waals surface area contributed by atoms with Crippen molar-refractivity contribution in [3.8, 4) is 11.4 Å². The van der Waals surface area contributed by atoms with Gasteiger partial charge in [-0.3, -0.25) is 4.79 Å². The summed E-state index contributed by atoms with van der Waals surface area (Å²) >= 11 is 0. The molecule has 1 aliphatic rings. The predicted octanol–water partition coefficient (Wildman–Crippen LogP) is 3.42. The van der Waals surface area contributed by atoms with Gasteiger partial charge in [-0.25, -0.2) is 9.97 Å². The van der Waals surface area contributed by atoms with Crippen LogP contribution in [0.5, 0.6) is 0 Å². The van der Waals surface area contributed by atoms with E-state index in [-0.39, 0.29) is 5.91 Å². The van der Waals surface area contributed by atoms with E-state index >= 15 is 0 Å². The van der Waals surface area contributed by atoms with Crippen LogP contribution in [0.15, 0.2) is 67.3 Å². The van der Waals surface area contributed by atoms with E-state index in [2.05, 4.69) is 26.9 Å². The molecule has 4 rings (SSSR count). The Morgan fingerprint density at radius 1 is 0.920 bits per heavy atom. The summed E-state index contributed by atoms with van der Waals surface area (Å²) in [5, 5.41) is 0. The summed E-state index contributed by atoms with van der Waals surface area (Å²) in [6.45, 7) is 1.53. The van der Waals surface area contributed by atoms with E-state index in [9.17, 15) is 4.79 Å². The highest BCUT2D eigenvalue weighted by Gasteiger charge is 2.24. The molecule has 0 aliphatic carbocycles. The van der Waals surface area contributed by atoms with E-state index in [0.717, 1.165) is 31.5 Å². The van der Waals surface area contributed by atoms with Crippen molar-refractivity contribution in [3.63, 3.8) is 0 Å². The minimum atomic E-state index is 0.0190. The van der Waals surface area contributed by atoms with Crippen LogP contribution in [-0.4, -0.2) is 38.4 Å². The molecule has 126 valence electrons. The fourth-order valence-electron chi connectivity index (χ4n) is 3.32. The minimum absolute atomic E-state index is 0.0190. The Bertz CT molecular complexity index is 820. The number of hydrogen-bond donors (Lipinski definition) is 0. The van der Waals surface area contributed by atoms with E-state index in [0.29, 0.717) is 17.4 Å². The Hall–Kier alpha value is -2.95. The minimum Gasteiger partial charge on any atom is -0.351 e. The zero-order chi connectivity index (χ0) is 17.1. The summed E-state index contributed by atoms with van der Waals surface area (Å²) in [4.78, 5) is 23.3. The lowest BCUT2D eigenvalue weighted by atomic mass is 10.0. The number of likely N-dealkylation sites (tertiary alicyclic amines) is 1. The van der Waals surface area contributed by atoms with Gasteiger partial charge in [0.15, 0.2) is 5.82 Å². The molecular weight excluding hydrogens is 312 g/mol. The SMILES string of the molecule is O=C(c1cnc(-c2ccccc2)nc1)N1CCC(n2cccc2)CC1. The molecule has 5 nitrogen and oxygen atoms in total. The molecule has 5 heteroatoms. The summed E-state index contributed by atoms with van der Waals surface area (Å²) in [7, 11) is 0. The molecule has 1 amide bonds. The third-order valence-electron chi connectivity index (χ3n) is 4.73. The molecule has 0 bridgehead atoms. The van der Waals surface area contributed by atoms with Crippen LogP contribution < -0.4 is 0 Å². The highest BCUT2D eigenvalue weighted by atomic mass is 16.2. The molecule has 3 heterocycles. The van der Waals surface area contributed by atoms with Crippen molar-refractivity contribution in [1.29, 1.82) is 0 Å². The van der Waals surface area contributed by atoms with Gasteiger partial charge in [0.1, 0.15) is 0 Å². The predicted molar refractivity (Wildman–Crippen MR) is 96.1 cm³/mol. The van der Waals surface area contributed by atoms with E-state index < -0.39 is 0 Å². The van der Waals surface area contributed by atoms with Crippen molar-refractivity contribution < 1.29 is 4.79 Å². The number of carbonyl (C=O) groups is 1. The molecule has 3 aromatic rings. The largest absolute Gasteiger partial charge is 0.351 e. The van der Waals surface area contributed by atoms with E-state index in [1.165, 1.54) is 0 Å². The first-order valence-electron chi connectivity index (χ1n) is 8.60. The smallest absolute Gasteiger partial charge is 0.256 e. The lowest BCUT2D eigenvalue weighted by molar-refractivity contribution is 0.0694. The van der Waals surface area contributed by atoms with Crippen LogP contribution in [0.25, 0.3) is 11.4 Å². The summed E-state index contributed by atoms with van der Waals surface area (Å²) < 4.78 is 2.24. The van der Waals surface area contributed by atoms with Gasteiger partial charge in [0.2, 0.25) is 0 Å². The molecule has 1 saturated heterocycles. The molecule has 2 aromatic heterocycles. The lowest BCUT2D eigenvalue weighted by Crippen LogP contribution is -2.39. The first kappa shape index (κ1) is 15.6. The molecular formula is C20H20N4O. The van der Waals surface area contributed by atoms with Crippen LogP contribution in [0.1, 0.15) is 29.2 Å². The van der Waals surface area contributed by atoms with Gasteiger partial charge in [0.05, 0.1) is 5.56 Å². The topological polar surface area (TPSA) is 51.0 Å². The molecule has 0 spiro atoms. The van der Waals surface area contributed by atoms with Gasteiger partial charge < -0.3 is 9.47 Å². The van der Waals surface area contributed by atoms with E-state index in [1.807, 2.05) is 47.4 Å². The molecule has 0 atom stereocenters. The second-order valence-electron chi connectivity index (χ2n) is 6.32. The second kappa shape index (κ2) is 6.89. The van der Waals surface area contributed by atoms with Gasteiger partial charge >= 0.3 is 0 Å². The Balaban J connectivity index is 1.41. The zero-order valence-corrected chi connectivity index (χ0v) is 14.0. The fourth-order valence-corrected chi connectivity index (χ4v) is 3.32. The van der Waals surface area contributed by atoms with Crippen LogP contribution in [0, 0.1) is 0 Å². The second-order valence-corrected chi connectivity index (χ2v) is 6.32. The molecule has 25 heavy (non-hydrogen) atoms. The van der Waals surface area contributed by atoms with Crippen molar-refractivity contribution in [1.82, 2.24) is 19.4 Å². The molecule has 1 fully saturated rings. The van der Waals surface area contributed by atoms with Gasteiger partial charge in [-0.2, -0.15) is 0 Å². The number of piperidine rings is 1.